The van der Waals surface area contributed by atoms with Gasteiger partial charge in [-0.1, -0.05) is 6.92 Å². The molecule has 1 N–H and O–H groups in total. The Morgan fingerprint density at radius 1 is 1.31 bits per heavy atom. The quantitative estimate of drug-likeness (QED) is 0.760. The normalized spacial score (nSPS) is 38.8. The summed E-state index contributed by atoms with van der Waals surface area (Å²) >= 11 is 0. The van der Waals surface area contributed by atoms with Crippen molar-refractivity contribution in [2.45, 2.75) is 51.2 Å². The predicted molar refractivity (Wildman–Crippen MR) is 68.8 cm³/mol. The van der Waals surface area contributed by atoms with Crippen LogP contribution in [0.15, 0.2) is 0 Å². The second kappa shape index (κ2) is 5.48. The summed E-state index contributed by atoms with van der Waals surface area (Å²) in [5.41, 5.74) is 0. The van der Waals surface area contributed by atoms with Crippen LogP contribution in [0.3, 0.4) is 0 Å². The van der Waals surface area contributed by atoms with Gasteiger partial charge in [0.25, 0.3) is 0 Å². The number of likely N-dealkylation sites (N-methyl/N-ethyl adjacent to an activating group) is 1. The van der Waals surface area contributed by atoms with Crippen molar-refractivity contribution in [2.75, 3.05) is 33.2 Å². The van der Waals surface area contributed by atoms with Gasteiger partial charge in [-0.2, -0.15) is 0 Å². The highest BCUT2D eigenvalue weighted by Crippen LogP contribution is 2.20. The summed E-state index contributed by atoms with van der Waals surface area (Å²) in [5.74, 6) is 0. The average molecular weight is 225 g/mol. The van der Waals surface area contributed by atoms with E-state index in [1.54, 1.807) is 0 Å². The van der Waals surface area contributed by atoms with E-state index in [1.165, 1.54) is 45.4 Å². The maximum Gasteiger partial charge on any atom is 0.0227 e. The van der Waals surface area contributed by atoms with E-state index in [0.29, 0.717) is 12.1 Å². The molecule has 3 heteroatoms. The number of piperazine rings is 1. The van der Waals surface area contributed by atoms with Gasteiger partial charge in [0.05, 0.1) is 0 Å². The molecule has 0 radical (unpaired) electrons. The lowest BCUT2D eigenvalue weighted by atomic mass is 9.99. The Morgan fingerprint density at radius 3 is 2.81 bits per heavy atom. The molecule has 0 aromatic rings. The molecule has 0 amide bonds. The average Bonchev–Trinajstić information content (AvgIpc) is 2.30. The van der Waals surface area contributed by atoms with Crippen LogP contribution in [0.25, 0.3) is 0 Å². The second-order valence-corrected chi connectivity index (χ2v) is 5.62. The SMILES string of the molecule is CCC1CN(C2CCCN(C)C2)C(C)CN1. The minimum Gasteiger partial charge on any atom is -0.311 e. The summed E-state index contributed by atoms with van der Waals surface area (Å²) in [6.45, 7) is 9.62. The van der Waals surface area contributed by atoms with Crippen molar-refractivity contribution in [1.82, 2.24) is 15.1 Å². The van der Waals surface area contributed by atoms with Gasteiger partial charge in [0.1, 0.15) is 0 Å². The summed E-state index contributed by atoms with van der Waals surface area (Å²) in [7, 11) is 2.26. The van der Waals surface area contributed by atoms with Gasteiger partial charge >= 0.3 is 0 Å². The van der Waals surface area contributed by atoms with Crippen molar-refractivity contribution in [3.05, 3.63) is 0 Å². The third-order valence-electron chi connectivity index (χ3n) is 4.26. The third-order valence-corrected chi connectivity index (χ3v) is 4.26. The molecule has 3 atom stereocenters. The first-order valence-electron chi connectivity index (χ1n) is 6.88. The summed E-state index contributed by atoms with van der Waals surface area (Å²) < 4.78 is 0. The molecule has 2 fully saturated rings. The van der Waals surface area contributed by atoms with E-state index in [0.717, 1.165) is 6.04 Å². The molecule has 16 heavy (non-hydrogen) atoms. The van der Waals surface area contributed by atoms with Gasteiger partial charge in [-0.15, -0.1) is 0 Å². The van der Waals surface area contributed by atoms with Crippen LogP contribution in [0.1, 0.15) is 33.1 Å². The molecular weight excluding hydrogens is 198 g/mol. The summed E-state index contributed by atoms with van der Waals surface area (Å²) in [6, 6.07) is 2.22. The third kappa shape index (κ3) is 2.76. The Bertz CT molecular complexity index is 219. The van der Waals surface area contributed by atoms with Crippen molar-refractivity contribution >= 4 is 0 Å². The molecule has 94 valence electrons. The molecule has 0 aromatic heterocycles. The maximum absolute atomic E-state index is 3.64. The molecule has 3 nitrogen and oxygen atoms in total. The van der Waals surface area contributed by atoms with Gasteiger partial charge in [-0.25, -0.2) is 0 Å². The van der Waals surface area contributed by atoms with Crippen molar-refractivity contribution in [1.29, 1.82) is 0 Å². The lowest BCUT2D eigenvalue weighted by molar-refractivity contribution is 0.0483. The van der Waals surface area contributed by atoms with Crippen LogP contribution in [0.5, 0.6) is 0 Å². The van der Waals surface area contributed by atoms with Crippen LogP contribution in [0.2, 0.25) is 0 Å². The summed E-state index contributed by atoms with van der Waals surface area (Å²) in [5, 5.41) is 3.64. The van der Waals surface area contributed by atoms with E-state index >= 15 is 0 Å². The Balaban J connectivity index is 1.94. The van der Waals surface area contributed by atoms with Crippen molar-refractivity contribution in [3.8, 4) is 0 Å². The number of hydrogen-bond donors (Lipinski definition) is 1. The second-order valence-electron chi connectivity index (χ2n) is 5.62. The van der Waals surface area contributed by atoms with Gasteiger partial charge in [0.2, 0.25) is 0 Å². The van der Waals surface area contributed by atoms with Crippen molar-refractivity contribution in [2.24, 2.45) is 0 Å². The molecule has 2 saturated heterocycles. The fraction of sp³-hybridized carbons (Fsp3) is 1.00. The van der Waals surface area contributed by atoms with Gasteiger partial charge in [0.15, 0.2) is 0 Å². The van der Waals surface area contributed by atoms with Crippen LogP contribution >= 0.6 is 0 Å². The van der Waals surface area contributed by atoms with Gasteiger partial charge in [-0.3, -0.25) is 4.90 Å². The van der Waals surface area contributed by atoms with Crippen LogP contribution in [0, 0.1) is 0 Å². The number of nitrogens with zero attached hydrogens (tertiary/aromatic N) is 2. The van der Waals surface area contributed by atoms with E-state index in [1.807, 2.05) is 0 Å². The zero-order chi connectivity index (χ0) is 11.5. The van der Waals surface area contributed by atoms with Crippen molar-refractivity contribution in [3.63, 3.8) is 0 Å². The molecule has 2 aliphatic rings. The van der Waals surface area contributed by atoms with E-state index in [2.05, 4.69) is 36.0 Å². The standard InChI is InChI=1S/C13H27N3/c1-4-12-9-16(11(2)8-14-12)13-6-5-7-15(3)10-13/h11-14H,4-10H2,1-3H3. The number of piperidine rings is 1. The minimum atomic E-state index is 0.708. The van der Waals surface area contributed by atoms with Crippen LogP contribution in [-0.4, -0.2) is 61.2 Å². The molecule has 3 unspecified atom stereocenters. The monoisotopic (exact) mass is 225 g/mol. The zero-order valence-electron chi connectivity index (χ0n) is 11.1. The van der Waals surface area contributed by atoms with Gasteiger partial charge in [-0.05, 0) is 39.8 Å². The molecule has 0 aromatic carbocycles. The first kappa shape index (κ1) is 12.3. The number of hydrogen-bond acceptors (Lipinski definition) is 3. The fourth-order valence-electron chi connectivity index (χ4n) is 3.15. The molecule has 2 aliphatic heterocycles. The Hall–Kier alpha value is -0.120. The molecule has 2 rings (SSSR count). The Kier molecular flexibility index (Phi) is 4.22. The molecule has 0 aliphatic carbocycles. The Labute approximate surface area is 100 Å². The fourth-order valence-corrected chi connectivity index (χ4v) is 3.15. The van der Waals surface area contributed by atoms with Crippen LogP contribution in [0.4, 0.5) is 0 Å². The largest absolute Gasteiger partial charge is 0.311 e. The lowest BCUT2D eigenvalue weighted by Crippen LogP contribution is -2.60. The van der Waals surface area contributed by atoms with E-state index in [4.69, 9.17) is 0 Å². The molecule has 2 heterocycles. The topological polar surface area (TPSA) is 18.5 Å². The van der Waals surface area contributed by atoms with Crippen molar-refractivity contribution < 1.29 is 0 Å². The lowest BCUT2D eigenvalue weighted by Gasteiger charge is -2.46. The first-order chi connectivity index (χ1) is 7.70. The minimum absolute atomic E-state index is 0.708. The van der Waals surface area contributed by atoms with Crippen LogP contribution in [-0.2, 0) is 0 Å². The molecule has 0 spiro atoms. The molecular formula is C13H27N3. The summed E-state index contributed by atoms with van der Waals surface area (Å²) in [6.07, 6.45) is 4.02. The number of likely N-dealkylation sites (tertiary alicyclic amines) is 1. The molecule has 0 saturated carbocycles. The number of nitrogens with one attached hydrogen (secondary N) is 1. The zero-order valence-corrected chi connectivity index (χ0v) is 11.1. The van der Waals surface area contributed by atoms with E-state index < -0.39 is 0 Å². The summed E-state index contributed by atoms with van der Waals surface area (Å²) in [4.78, 5) is 5.24. The van der Waals surface area contributed by atoms with Gasteiger partial charge in [0, 0.05) is 37.8 Å². The molecule has 0 bridgehead atoms. The maximum atomic E-state index is 3.64. The van der Waals surface area contributed by atoms with E-state index in [9.17, 15) is 0 Å². The van der Waals surface area contributed by atoms with Gasteiger partial charge < -0.3 is 10.2 Å². The number of rotatable bonds is 2. The highest BCUT2D eigenvalue weighted by Gasteiger charge is 2.31. The first-order valence-corrected chi connectivity index (χ1v) is 6.88. The highest BCUT2D eigenvalue weighted by molar-refractivity contribution is 4.89. The predicted octanol–water partition coefficient (Wildman–Crippen LogP) is 1.15. The van der Waals surface area contributed by atoms with E-state index in [-0.39, 0.29) is 0 Å². The smallest absolute Gasteiger partial charge is 0.0227 e. The van der Waals surface area contributed by atoms with Crippen LogP contribution < -0.4 is 5.32 Å². The Morgan fingerprint density at radius 2 is 2.12 bits per heavy atom. The highest BCUT2D eigenvalue weighted by atomic mass is 15.3.